The van der Waals surface area contributed by atoms with Crippen molar-refractivity contribution in [1.29, 1.82) is 0 Å². The zero-order valence-electron chi connectivity index (χ0n) is 19.2. The van der Waals surface area contributed by atoms with Crippen LogP contribution in [-0.2, 0) is 21.4 Å². The number of carbonyl (C=O) groups excluding carboxylic acids is 2. The Morgan fingerprint density at radius 2 is 1.84 bits per heavy atom. The average Bonchev–Trinajstić information content (AvgIpc) is 3.36. The quantitative estimate of drug-likeness (QED) is 0.634. The standard InChI is InChI=1S/C22H33N3O5S.ClH/c1-14(2)19-20-17(25(22(19)27)31(4,28)29)7-11-24(20)21(26)16-8-12-30-18(16)13-23-9-5-15(3)6-10-23;/h8,12,14-15,17,19-20H,5-7,9-11,13H2,1-4H3;1H/t17-,19+,20-;/m0./s1. The summed E-state index contributed by atoms with van der Waals surface area (Å²) in [4.78, 5) is 30.6. The number of fused-ring (bicyclic) bond motifs is 1. The van der Waals surface area contributed by atoms with E-state index < -0.39 is 28.0 Å². The smallest absolute Gasteiger partial charge is 0.257 e. The van der Waals surface area contributed by atoms with Crippen LogP contribution in [-0.4, -0.2) is 72.3 Å². The van der Waals surface area contributed by atoms with E-state index in [1.165, 1.54) is 0 Å². The average molecular weight is 488 g/mol. The molecule has 0 saturated carbocycles. The summed E-state index contributed by atoms with van der Waals surface area (Å²) < 4.78 is 31.4. The number of likely N-dealkylation sites (tertiary alicyclic amines) is 2. The highest BCUT2D eigenvalue weighted by Crippen LogP contribution is 2.42. The zero-order chi connectivity index (χ0) is 22.5. The molecule has 3 fully saturated rings. The van der Waals surface area contributed by atoms with E-state index in [2.05, 4.69) is 11.8 Å². The highest BCUT2D eigenvalue weighted by molar-refractivity contribution is 7.88. The van der Waals surface area contributed by atoms with Gasteiger partial charge in [0.05, 0.1) is 42.6 Å². The molecule has 2 amide bonds. The van der Waals surface area contributed by atoms with Gasteiger partial charge in [0, 0.05) is 6.54 Å². The summed E-state index contributed by atoms with van der Waals surface area (Å²) in [5.74, 6) is 0.217. The second-order valence-electron chi connectivity index (χ2n) is 9.73. The summed E-state index contributed by atoms with van der Waals surface area (Å²) in [6.45, 7) is 9.07. The minimum Gasteiger partial charge on any atom is -0.467 e. The van der Waals surface area contributed by atoms with Crippen LogP contribution < -0.4 is 0 Å². The fraction of sp³-hybridized carbons (Fsp3) is 0.727. The summed E-state index contributed by atoms with van der Waals surface area (Å²) >= 11 is 0. The van der Waals surface area contributed by atoms with Crippen LogP contribution in [0.25, 0.3) is 0 Å². The Morgan fingerprint density at radius 1 is 1.19 bits per heavy atom. The lowest BCUT2D eigenvalue weighted by Gasteiger charge is -2.31. The second kappa shape index (κ2) is 9.35. The van der Waals surface area contributed by atoms with Crippen LogP contribution >= 0.6 is 12.4 Å². The molecule has 0 unspecified atom stereocenters. The highest BCUT2D eigenvalue weighted by Gasteiger charge is 2.58. The van der Waals surface area contributed by atoms with Gasteiger partial charge in [0.15, 0.2) is 0 Å². The Hall–Kier alpha value is -1.58. The molecule has 8 nitrogen and oxygen atoms in total. The molecule has 3 aliphatic heterocycles. The number of halogens is 1. The molecule has 3 atom stereocenters. The Balaban J connectivity index is 0.00000289. The van der Waals surface area contributed by atoms with Crippen LogP contribution in [0.5, 0.6) is 0 Å². The third-order valence-corrected chi connectivity index (χ3v) is 8.31. The summed E-state index contributed by atoms with van der Waals surface area (Å²) in [7, 11) is -3.69. The molecular weight excluding hydrogens is 454 g/mol. The molecule has 10 heteroatoms. The summed E-state index contributed by atoms with van der Waals surface area (Å²) in [6, 6.07) is 0.777. The Kier molecular flexibility index (Phi) is 7.32. The molecule has 0 bridgehead atoms. The largest absolute Gasteiger partial charge is 0.467 e. The summed E-state index contributed by atoms with van der Waals surface area (Å²) in [6.07, 6.45) is 5.36. The zero-order valence-corrected chi connectivity index (χ0v) is 20.8. The molecule has 180 valence electrons. The van der Waals surface area contributed by atoms with Gasteiger partial charge in [-0.15, -0.1) is 12.4 Å². The van der Waals surface area contributed by atoms with Gasteiger partial charge in [0.1, 0.15) is 5.76 Å². The van der Waals surface area contributed by atoms with Crippen LogP contribution in [0.4, 0.5) is 0 Å². The van der Waals surface area contributed by atoms with Crippen LogP contribution in [0.2, 0.25) is 0 Å². The normalized spacial score (nSPS) is 27.2. The number of piperidine rings is 1. The molecule has 3 aliphatic rings. The fourth-order valence-electron chi connectivity index (χ4n) is 5.50. The molecule has 0 N–H and O–H groups in total. The Labute approximate surface area is 196 Å². The molecular formula is C22H34ClN3O5S. The molecule has 1 aromatic heterocycles. The molecule has 0 aliphatic carbocycles. The molecule has 0 radical (unpaired) electrons. The monoisotopic (exact) mass is 487 g/mol. The van der Waals surface area contributed by atoms with Crippen molar-refractivity contribution in [2.75, 3.05) is 25.9 Å². The highest BCUT2D eigenvalue weighted by atomic mass is 35.5. The first-order valence-electron chi connectivity index (χ1n) is 11.2. The molecule has 0 spiro atoms. The van der Waals surface area contributed by atoms with Gasteiger partial charge < -0.3 is 9.32 Å². The number of amides is 2. The van der Waals surface area contributed by atoms with Gasteiger partial charge >= 0.3 is 0 Å². The van der Waals surface area contributed by atoms with Crippen molar-refractivity contribution in [2.45, 2.75) is 58.7 Å². The van der Waals surface area contributed by atoms with Crippen LogP contribution in [0.1, 0.15) is 56.2 Å². The van der Waals surface area contributed by atoms with Gasteiger partial charge in [-0.05, 0) is 50.3 Å². The van der Waals surface area contributed by atoms with Gasteiger partial charge in [-0.2, -0.15) is 0 Å². The van der Waals surface area contributed by atoms with Gasteiger partial charge in [0.25, 0.3) is 5.91 Å². The van der Waals surface area contributed by atoms with E-state index >= 15 is 0 Å². The molecule has 4 heterocycles. The second-order valence-corrected chi connectivity index (χ2v) is 11.6. The van der Waals surface area contributed by atoms with Crippen molar-refractivity contribution >= 4 is 34.2 Å². The topological polar surface area (TPSA) is 91.1 Å². The first kappa shape index (κ1) is 25.1. The minimum atomic E-state index is -3.69. The first-order valence-corrected chi connectivity index (χ1v) is 13.1. The number of furan rings is 1. The predicted octanol–water partition coefficient (Wildman–Crippen LogP) is 2.59. The Bertz CT molecular complexity index is 955. The van der Waals surface area contributed by atoms with E-state index in [-0.39, 0.29) is 30.1 Å². The Morgan fingerprint density at radius 3 is 2.44 bits per heavy atom. The van der Waals surface area contributed by atoms with Crippen molar-refractivity contribution in [3.05, 3.63) is 23.7 Å². The van der Waals surface area contributed by atoms with E-state index in [1.807, 2.05) is 13.8 Å². The lowest BCUT2D eigenvalue weighted by atomic mass is 9.88. The maximum Gasteiger partial charge on any atom is 0.257 e. The maximum absolute atomic E-state index is 13.6. The molecule has 4 rings (SSSR count). The SMILES string of the molecule is CC1CCN(Cc2occc2C(=O)N2CC[C@H]3[C@H]2[C@@H](C(C)C)C(=O)N3S(C)(=O)=O)CC1.Cl. The third kappa shape index (κ3) is 4.43. The predicted molar refractivity (Wildman–Crippen MR) is 123 cm³/mol. The van der Waals surface area contributed by atoms with E-state index in [9.17, 15) is 18.0 Å². The van der Waals surface area contributed by atoms with Gasteiger partial charge in [-0.3, -0.25) is 14.5 Å². The van der Waals surface area contributed by atoms with Gasteiger partial charge in [-0.25, -0.2) is 12.7 Å². The molecule has 3 saturated heterocycles. The lowest BCUT2D eigenvalue weighted by Crippen LogP contribution is -2.44. The number of hydrogen-bond acceptors (Lipinski definition) is 6. The third-order valence-electron chi connectivity index (χ3n) is 7.15. The van der Waals surface area contributed by atoms with Crippen molar-refractivity contribution in [3.8, 4) is 0 Å². The van der Waals surface area contributed by atoms with E-state index in [0.717, 1.165) is 42.4 Å². The first-order chi connectivity index (χ1) is 14.6. The molecule has 1 aromatic rings. The van der Waals surface area contributed by atoms with Crippen molar-refractivity contribution in [2.24, 2.45) is 17.8 Å². The van der Waals surface area contributed by atoms with E-state index in [4.69, 9.17) is 4.42 Å². The van der Waals surface area contributed by atoms with Crippen molar-refractivity contribution in [3.63, 3.8) is 0 Å². The van der Waals surface area contributed by atoms with Gasteiger partial charge in [-0.1, -0.05) is 20.8 Å². The number of carbonyl (C=O) groups is 2. The maximum atomic E-state index is 13.6. The number of rotatable bonds is 5. The summed E-state index contributed by atoms with van der Waals surface area (Å²) in [5.41, 5.74) is 0.520. The van der Waals surface area contributed by atoms with Crippen LogP contribution in [0, 0.1) is 17.8 Å². The van der Waals surface area contributed by atoms with E-state index in [1.54, 1.807) is 17.2 Å². The van der Waals surface area contributed by atoms with Gasteiger partial charge in [0.2, 0.25) is 15.9 Å². The fourth-order valence-corrected chi connectivity index (χ4v) is 6.67. The number of nitrogens with zero attached hydrogens (tertiary/aromatic N) is 3. The minimum absolute atomic E-state index is 0. The lowest BCUT2D eigenvalue weighted by molar-refractivity contribution is -0.129. The number of hydrogen-bond donors (Lipinski definition) is 0. The van der Waals surface area contributed by atoms with Crippen LogP contribution in [0.3, 0.4) is 0 Å². The number of sulfonamides is 1. The molecule has 32 heavy (non-hydrogen) atoms. The summed E-state index contributed by atoms with van der Waals surface area (Å²) in [5, 5.41) is 0. The van der Waals surface area contributed by atoms with Crippen molar-refractivity contribution in [1.82, 2.24) is 14.1 Å². The van der Waals surface area contributed by atoms with Crippen molar-refractivity contribution < 1.29 is 22.4 Å². The van der Waals surface area contributed by atoms with E-state index in [0.29, 0.717) is 30.8 Å². The van der Waals surface area contributed by atoms with Crippen LogP contribution in [0.15, 0.2) is 16.7 Å². The molecule has 0 aromatic carbocycles.